The van der Waals surface area contributed by atoms with Crippen molar-refractivity contribution < 1.29 is 0 Å². The van der Waals surface area contributed by atoms with E-state index in [1.165, 1.54) is 17.1 Å². The molecule has 2 heterocycles. The lowest BCUT2D eigenvalue weighted by Gasteiger charge is -2.20. The molecule has 0 aliphatic carbocycles. The van der Waals surface area contributed by atoms with Crippen LogP contribution in [0.1, 0.15) is 18.3 Å². The minimum Gasteiger partial charge on any atom is -0.357 e. The van der Waals surface area contributed by atoms with Crippen LogP contribution in [0.2, 0.25) is 5.02 Å². The highest BCUT2D eigenvalue weighted by Crippen LogP contribution is 2.23. The summed E-state index contributed by atoms with van der Waals surface area (Å²) in [6.45, 7) is 9.22. The van der Waals surface area contributed by atoms with E-state index in [-0.39, 0.29) is 0 Å². The largest absolute Gasteiger partial charge is 0.357 e. The molecule has 21 heavy (non-hydrogen) atoms. The molecule has 2 aromatic rings. The summed E-state index contributed by atoms with van der Waals surface area (Å²) in [5.74, 6) is 0. The quantitative estimate of drug-likeness (QED) is 0.867. The molecule has 0 N–H and O–H groups in total. The maximum atomic E-state index is 6.08. The van der Waals surface area contributed by atoms with E-state index < -0.39 is 0 Å². The van der Waals surface area contributed by atoms with Crippen molar-refractivity contribution >= 4 is 17.3 Å². The van der Waals surface area contributed by atoms with Crippen molar-refractivity contribution in [3.8, 4) is 0 Å². The molecule has 112 valence electrons. The van der Waals surface area contributed by atoms with E-state index in [2.05, 4.69) is 39.3 Å². The molecule has 0 atom stereocenters. The van der Waals surface area contributed by atoms with Crippen molar-refractivity contribution in [3.05, 3.63) is 47.0 Å². The number of halogens is 1. The Morgan fingerprint density at radius 1 is 1.29 bits per heavy atom. The van der Waals surface area contributed by atoms with E-state index >= 15 is 0 Å². The molecule has 3 rings (SSSR count). The molecule has 1 aromatic heterocycles. The third-order valence-electron chi connectivity index (χ3n) is 4.15. The van der Waals surface area contributed by atoms with Crippen molar-refractivity contribution in [1.29, 1.82) is 0 Å². The third kappa shape index (κ3) is 3.06. The fraction of sp³-hybridized carbons (Fsp3) is 0.438. The highest BCUT2D eigenvalue weighted by Gasteiger charge is 2.21. The first kappa shape index (κ1) is 14.4. The number of aryl methyl sites for hydroxylation is 1. The Kier molecular flexibility index (Phi) is 4.17. The van der Waals surface area contributed by atoms with Gasteiger partial charge in [-0.15, -0.1) is 0 Å². The summed E-state index contributed by atoms with van der Waals surface area (Å²) < 4.78 is 2.19. The molecule has 1 aliphatic heterocycles. The van der Waals surface area contributed by atoms with Crippen LogP contribution in [-0.4, -0.2) is 34.2 Å². The summed E-state index contributed by atoms with van der Waals surface area (Å²) in [6, 6.07) is 8.07. The lowest BCUT2D eigenvalue weighted by molar-refractivity contribution is 0.329. The topological polar surface area (TPSA) is 24.3 Å². The second-order valence-corrected chi connectivity index (χ2v) is 5.94. The zero-order chi connectivity index (χ0) is 14.8. The zero-order valence-corrected chi connectivity index (χ0v) is 13.3. The second kappa shape index (κ2) is 6.08. The summed E-state index contributed by atoms with van der Waals surface area (Å²) >= 11 is 6.08. The summed E-state index contributed by atoms with van der Waals surface area (Å²) in [5, 5.41) is 0.795. The average Bonchev–Trinajstić information content (AvgIpc) is 3.07. The lowest BCUT2D eigenvalue weighted by atomic mass is 10.3. The highest BCUT2D eigenvalue weighted by atomic mass is 35.5. The molecule has 1 saturated heterocycles. The number of benzene rings is 1. The Morgan fingerprint density at radius 2 is 2.14 bits per heavy atom. The molecule has 0 saturated carbocycles. The smallest absolute Gasteiger partial charge is 0.0952 e. The zero-order valence-electron chi connectivity index (χ0n) is 12.6. The maximum absolute atomic E-state index is 6.08. The van der Waals surface area contributed by atoms with Gasteiger partial charge in [-0.2, -0.15) is 0 Å². The summed E-state index contributed by atoms with van der Waals surface area (Å²) in [5.41, 5.74) is 3.66. The first-order valence-corrected chi connectivity index (χ1v) is 7.78. The van der Waals surface area contributed by atoms with Gasteiger partial charge < -0.3 is 9.47 Å². The van der Waals surface area contributed by atoms with Gasteiger partial charge in [-0.25, -0.2) is 4.98 Å². The van der Waals surface area contributed by atoms with Gasteiger partial charge in [-0.1, -0.05) is 17.7 Å². The fourth-order valence-electron chi connectivity index (χ4n) is 2.83. The maximum Gasteiger partial charge on any atom is 0.0952 e. The Bertz CT molecular complexity index is 622. The van der Waals surface area contributed by atoms with Gasteiger partial charge in [0.25, 0.3) is 0 Å². The normalized spacial score (nSPS) is 15.9. The SMILES string of the molecule is CCn1cnc(CN2CCN(c3cccc(Cl)c3)C2)c1C. The standard InChI is InChI=1S/C16H21ClN4/c1-3-20-11-18-16(13(20)2)10-19-7-8-21(12-19)15-6-4-5-14(17)9-15/h4-6,9,11H,3,7-8,10,12H2,1-2H3. The van der Waals surface area contributed by atoms with Gasteiger partial charge in [0.2, 0.25) is 0 Å². The van der Waals surface area contributed by atoms with Crippen LogP contribution in [0, 0.1) is 6.92 Å². The van der Waals surface area contributed by atoms with E-state index in [0.717, 1.165) is 37.9 Å². The first-order chi connectivity index (χ1) is 10.2. The number of hydrogen-bond donors (Lipinski definition) is 0. The number of nitrogens with zero attached hydrogens (tertiary/aromatic N) is 4. The van der Waals surface area contributed by atoms with Crippen LogP contribution in [0.15, 0.2) is 30.6 Å². The monoisotopic (exact) mass is 304 g/mol. The van der Waals surface area contributed by atoms with Gasteiger partial charge in [-0.3, -0.25) is 4.90 Å². The number of hydrogen-bond acceptors (Lipinski definition) is 3. The van der Waals surface area contributed by atoms with E-state index in [1.54, 1.807) is 0 Å². The van der Waals surface area contributed by atoms with Crippen LogP contribution >= 0.6 is 11.6 Å². The van der Waals surface area contributed by atoms with E-state index in [4.69, 9.17) is 11.6 Å². The van der Waals surface area contributed by atoms with E-state index in [1.807, 2.05) is 24.5 Å². The minimum atomic E-state index is 0.795. The summed E-state index contributed by atoms with van der Waals surface area (Å²) in [4.78, 5) is 9.33. The van der Waals surface area contributed by atoms with E-state index in [9.17, 15) is 0 Å². The predicted octanol–water partition coefficient (Wildman–Crippen LogP) is 3.14. The Balaban J connectivity index is 1.66. The number of imidazole rings is 1. The van der Waals surface area contributed by atoms with Gasteiger partial charge in [0.1, 0.15) is 0 Å². The molecule has 0 bridgehead atoms. The lowest BCUT2D eigenvalue weighted by Crippen LogP contribution is -2.25. The van der Waals surface area contributed by atoms with Crippen LogP contribution in [0.3, 0.4) is 0 Å². The minimum absolute atomic E-state index is 0.795. The molecular formula is C16H21ClN4. The van der Waals surface area contributed by atoms with Crippen LogP contribution in [0.25, 0.3) is 0 Å². The van der Waals surface area contributed by atoms with Gasteiger partial charge in [0.15, 0.2) is 0 Å². The van der Waals surface area contributed by atoms with Crippen LogP contribution in [0.5, 0.6) is 0 Å². The molecular weight excluding hydrogens is 284 g/mol. The summed E-state index contributed by atoms with van der Waals surface area (Å²) in [7, 11) is 0. The molecule has 1 fully saturated rings. The van der Waals surface area contributed by atoms with Crippen molar-refractivity contribution in [3.63, 3.8) is 0 Å². The predicted molar refractivity (Wildman–Crippen MR) is 86.7 cm³/mol. The molecule has 4 nitrogen and oxygen atoms in total. The van der Waals surface area contributed by atoms with Gasteiger partial charge in [0.05, 0.1) is 18.7 Å². The van der Waals surface area contributed by atoms with Gasteiger partial charge >= 0.3 is 0 Å². The van der Waals surface area contributed by atoms with Crippen LogP contribution in [0.4, 0.5) is 5.69 Å². The Hall–Kier alpha value is -1.52. The van der Waals surface area contributed by atoms with Crippen molar-refractivity contribution in [2.45, 2.75) is 26.9 Å². The summed E-state index contributed by atoms with van der Waals surface area (Å²) in [6.07, 6.45) is 1.94. The van der Waals surface area contributed by atoms with Gasteiger partial charge in [-0.05, 0) is 32.0 Å². The molecule has 0 unspecified atom stereocenters. The van der Waals surface area contributed by atoms with Gasteiger partial charge in [0, 0.05) is 42.6 Å². The molecule has 0 amide bonds. The molecule has 1 aliphatic rings. The fourth-order valence-corrected chi connectivity index (χ4v) is 3.01. The van der Waals surface area contributed by atoms with Crippen LogP contribution < -0.4 is 4.90 Å². The highest BCUT2D eigenvalue weighted by molar-refractivity contribution is 6.30. The molecule has 0 spiro atoms. The van der Waals surface area contributed by atoms with E-state index in [0.29, 0.717) is 0 Å². The van der Waals surface area contributed by atoms with Crippen molar-refractivity contribution in [1.82, 2.24) is 14.5 Å². The first-order valence-electron chi connectivity index (χ1n) is 7.41. The molecule has 1 aromatic carbocycles. The second-order valence-electron chi connectivity index (χ2n) is 5.50. The number of anilines is 1. The van der Waals surface area contributed by atoms with Crippen LogP contribution in [-0.2, 0) is 13.1 Å². The van der Waals surface area contributed by atoms with Crippen molar-refractivity contribution in [2.24, 2.45) is 0 Å². The Morgan fingerprint density at radius 3 is 2.86 bits per heavy atom. The Labute approximate surface area is 130 Å². The average molecular weight is 305 g/mol. The van der Waals surface area contributed by atoms with Crippen molar-refractivity contribution in [2.75, 3.05) is 24.7 Å². The number of rotatable bonds is 4. The molecule has 5 heteroatoms. The molecule has 0 radical (unpaired) electrons. The number of aromatic nitrogens is 2. The third-order valence-corrected chi connectivity index (χ3v) is 4.38.